The lowest BCUT2D eigenvalue weighted by atomic mass is 10.1. The van der Waals surface area contributed by atoms with Gasteiger partial charge in [0.15, 0.2) is 5.96 Å². The van der Waals surface area contributed by atoms with Crippen LogP contribution in [-0.2, 0) is 11.3 Å². The number of aliphatic imine (C=N–C) groups is 1. The van der Waals surface area contributed by atoms with Gasteiger partial charge < -0.3 is 20.7 Å². The topological polar surface area (TPSA) is 87.6 Å². The Kier molecular flexibility index (Phi) is 7.61. The van der Waals surface area contributed by atoms with Crippen molar-refractivity contribution in [1.82, 2.24) is 20.9 Å². The number of nitrogens with zero attached hydrogens (tertiary/aromatic N) is 2. The minimum absolute atomic E-state index is 0.441. The molecule has 0 atom stereocenters. The fourth-order valence-electron chi connectivity index (χ4n) is 2.44. The van der Waals surface area contributed by atoms with Gasteiger partial charge in [0.2, 0.25) is 0 Å². The van der Waals surface area contributed by atoms with Crippen LogP contribution in [0.5, 0.6) is 0 Å². The molecule has 1 heterocycles. The first kappa shape index (κ1) is 22.7. The van der Waals surface area contributed by atoms with Crippen molar-refractivity contribution in [2.24, 2.45) is 4.99 Å². The number of amides is 1. The summed E-state index contributed by atoms with van der Waals surface area (Å²) in [7, 11) is 1.71. The van der Waals surface area contributed by atoms with Gasteiger partial charge in [0.25, 0.3) is 0 Å². The Hall–Kier alpha value is -2.61. The van der Waals surface area contributed by atoms with Gasteiger partial charge in [0.05, 0.1) is 17.8 Å². The fraction of sp³-hybridized carbons (Fsp3) is 0.476. The van der Waals surface area contributed by atoms with E-state index in [9.17, 15) is 4.79 Å². The smallest absolute Gasteiger partial charge is 0.408 e. The van der Waals surface area contributed by atoms with Crippen molar-refractivity contribution >= 4 is 23.4 Å². The van der Waals surface area contributed by atoms with Gasteiger partial charge >= 0.3 is 6.09 Å². The van der Waals surface area contributed by atoms with Crippen LogP contribution in [-0.4, -0.2) is 41.8 Å². The standard InChI is InChI=1S/C21H31N5O2S/c1-20(2,3)28-19(27)26-21(4,5)14-24-18(22-6)23-12-17-25-16(13-29-17)15-10-8-7-9-11-15/h7-11,13H,12,14H2,1-6H3,(H,26,27)(H2,22,23,24). The van der Waals surface area contributed by atoms with Crippen molar-refractivity contribution in [2.45, 2.75) is 52.3 Å². The molecule has 0 bridgehead atoms. The highest BCUT2D eigenvalue weighted by molar-refractivity contribution is 7.09. The molecule has 3 N–H and O–H groups in total. The summed E-state index contributed by atoms with van der Waals surface area (Å²) in [5, 5.41) is 12.4. The molecule has 0 aliphatic carbocycles. The summed E-state index contributed by atoms with van der Waals surface area (Å²) < 4.78 is 5.32. The Balaban J connectivity index is 1.83. The second kappa shape index (κ2) is 9.73. The summed E-state index contributed by atoms with van der Waals surface area (Å²) in [6.07, 6.45) is -0.441. The number of carbonyl (C=O) groups is 1. The van der Waals surface area contributed by atoms with E-state index in [1.807, 2.05) is 65.0 Å². The van der Waals surface area contributed by atoms with Gasteiger partial charge in [-0.2, -0.15) is 0 Å². The molecule has 0 radical (unpaired) electrons. The molecule has 2 aromatic rings. The van der Waals surface area contributed by atoms with Gasteiger partial charge in [-0.05, 0) is 34.6 Å². The molecule has 7 nitrogen and oxygen atoms in total. The zero-order valence-corrected chi connectivity index (χ0v) is 18.8. The summed E-state index contributed by atoms with van der Waals surface area (Å²) in [5.41, 5.74) is 1.03. The molecule has 1 aromatic heterocycles. The van der Waals surface area contributed by atoms with Crippen LogP contribution in [0.3, 0.4) is 0 Å². The largest absolute Gasteiger partial charge is 0.444 e. The zero-order valence-electron chi connectivity index (χ0n) is 18.0. The highest BCUT2D eigenvalue weighted by atomic mass is 32.1. The Morgan fingerprint density at radius 1 is 1.14 bits per heavy atom. The van der Waals surface area contributed by atoms with Gasteiger partial charge in [-0.25, -0.2) is 9.78 Å². The molecule has 1 amide bonds. The van der Waals surface area contributed by atoms with E-state index in [1.165, 1.54) is 0 Å². The van der Waals surface area contributed by atoms with Crippen LogP contribution in [0.15, 0.2) is 40.7 Å². The van der Waals surface area contributed by atoms with Crippen LogP contribution in [0.2, 0.25) is 0 Å². The molecule has 0 saturated carbocycles. The lowest BCUT2D eigenvalue weighted by molar-refractivity contribution is 0.0474. The third-order valence-electron chi connectivity index (χ3n) is 3.79. The molecule has 1 aromatic carbocycles. The highest BCUT2D eigenvalue weighted by Crippen LogP contribution is 2.21. The number of aromatic nitrogens is 1. The number of rotatable bonds is 6. The van der Waals surface area contributed by atoms with Crippen LogP contribution in [0.25, 0.3) is 11.3 Å². The van der Waals surface area contributed by atoms with Crippen LogP contribution >= 0.6 is 11.3 Å². The first-order valence-electron chi connectivity index (χ1n) is 9.53. The van der Waals surface area contributed by atoms with Crippen molar-refractivity contribution in [3.8, 4) is 11.3 Å². The number of ether oxygens (including phenoxy) is 1. The van der Waals surface area contributed by atoms with Crippen molar-refractivity contribution in [1.29, 1.82) is 0 Å². The Morgan fingerprint density at radius 2 is 1.83 bits per heavy atom. The number of hydrogen-bond acceptors (Lipinski definition) is 5. The van der Waals surface area contributed by atoms with Gasteiger partial charge in [-0.3, -0.25) is 4.99 Å². The number of nitrogens with one attached hydrogen (secondary N) is 3. The van der Waals surface area contributed by atoms with E-state index in [2.05, 4.69) is 31.3 Å². The number of benzene rings is 1. The summed E-state index contributed by atoms with van der Waals surface area (Å²) in [6, 6.07) is 10.1. The SMILES string of the molecule is CN=C(NCc1nc(-c2ccccc2)cs1)NCC(C)(C)NC(=O)OC(C)(C)C. The maximum absolute atomic E-state index is 12.0. The molecule has 0 aliphatic rings. The molecule has 0 unspecified atom stereocenters. The monoisotopic (exact) mass is 417 g/mol. The lowest BCUT2D eigenvalue weighted by Crippen LogP contribution is -2.54. The maximum atomic E-state index is 12.0. The molecule has 0 spiro atoms. The van der Waals surface area contributed by atoms with E-state index in [1.54, 1.807) is 18.4 Å². The van der Waals surface area contributed by atoms with E-state index in [4.69, 9.17) is 4.74 Å². The third-order valence-corrected chi connectivity index (χ3v) is 4.64. The molecule has 8 heteroatoms. The lowest BCUT2D eigenvalue weighted by Gasteiger charge is -2.29. The predicted octanol–water partition coefficient (Wildman–Crippen LogP) is 3.78. The second-order valence-corrected chi connectivity index (χ2v) is 9.23. The number of carbonyl (C=O) groups excluding carboxylic acids is 1. The number of alkyl carbamates (subject to hydrolysis) is 1. The van der Waals surface area contributed by atoms with Crippen LogP contribution in [0.4, 0.5) is 4.79 Å². The molecule has 158 valence electrons. The van der Waals surface area contributed by atoms with E-state index in [-0.39, 0.29) is 0 Å². The van der Waals surface area contributed by atoms with Crippen molar-refractivity contribution in [3.05, 3.63) is 40.7 Å². The molecule has 0 fully saturated rings. The summed E-state index contributed by atoms with van der Waals surface area (Å²) >= 11 is 1.60. The second-order valence-electron chi connectivity index (χ2n) is 8.28. The van der Waals surface area contributed by atoms with Crippen molar-refractivity contribution in [2.75, 3.05) is 13.6 Å². The molecule has 2 rings (SSSR count). The van der Waals surface area contributed by atoms with Gasteiger partial charge in [-0.1, -0.05) is 30.3 Å². The Morgan fingerprint density at radius 3 is 2.45 bits per heavy atom. The van der Waals surface area contributed by atoms with E-state index >= 15 is 0 Å². The van der Waals surface area contributed by atoms with E-state index in [0.29, 0.717) is 19.0 Å². The Labute approximate surface area is 177 Å². The van der Waals surface area contributed by atoms with Crippen LogP contribution < -0.4 is 16.0 Å². The summed E-state index contributed by atoms with van der Waals surface area (Å²) in [6.45, 7) is 10.4. The first-order chi connectivity index (χ1) is 13.6. The third kappa shape index (κ3) is 8.11. The normalized spacial score (nSPS) is 12.4. The quantitative estimate of drug-likeness (QED) is 0.492. The molecular weight excluding hydrogens is 386 g/mol. The molecule has 0 saturated heterocycles. The zero-order chi connectivity index (χ0) is 21.5. The summed E-state index contributed by atoms with van der Waals surface area (Å²) in [4.78, 5) is 20.9. The predicted molar refractivity (Wildman–Crippen MR) is 119 cm³/mol. The molecule has 0 aliphatic heterocycles. The minimum atomic E-state index is -0.530. The van der Waals surface area contributed by atoms with Gasteiger partial charge in [0, 0.05) is 24.5 Å². The fourth-order valence-corrected chi connectivity index (χ4v) is 3.19. The van der Waals surface area contributed by atoms with Gasteiger partial charge in [-0.15, -0.1) is 11.3 Å². The maximum Gasteiger partial charge on any atom is 0.408 e. The molecular formula is C21H31N5O2S. The average molecular weight is 418 g/mol. The van der Waals surface area contributed by atoms with E-state index in [0.717, 1.165) is 16.3 Å². The minimum Gasteiger partial charge on any atom is -0.444 e. The van der Waals surface area contributed by atoms with Crippen LogP contribution in [0, 0.1) is 0 Å². The average Bonchev–Trinajstić information content (AvgIpc) is 3.09. The van der Waals surface area contributed by atoms with Crippen molar-refractivity contribution in [3.63, 3.8) is 0 Å². The highest BCUT2D eigenvalue weighted by Gasteiger charge is 2.24. The van der Waals surface area contributed by atoms with E-state index < -0.39 is 17.2 Å². The Bertz CT molecular complexity index is 825. The summed E-state index contributed by atoms with van der Waals surface area (Å²) in [5.74, 6) is 0.639. The van der Waals surface area contributed by atoms with Gasteiger partial charge in [0.1, 0.15) is 10.6 Å². The van der Waals surface area contributed by atoms with Crippen LogP contribution in [0.1, 0.15) is 39.6 Å². The number of guanidine groups is 1. The number of thiazole rings is 1. The molecule has 29 heavy (non-hydrogen) atoms. The first-order valence-corrected chi connectivity index (χ1v) is 10.4. The number of hydrogen-bond donors (Lipinski definition) is 3. The van der Waals surface area contributed by atoms with Crippen molar-refractivity contribution < 1.29 is 9.53 Å².